The molecule has 110 valence electrons. The first kappa shape index (κ1) is 15.0. The summed E-state index contributed by atoms with van der Waals surface area (Å²) in [4.78, 5) is 11.9. The molecular weight excluding hydrogens is 274 g/mol. The molecule has 1 saturated carbocycles. The maximum Gasteiger partial charge on any atom is 0.233 e. The van der Waals surface area contributed by atoms with Crippen LogP contribution in [-0.4, -0.2) is 37.9 Å². The second kappa shape index (κ2) is 7.42. The smallest absolute Gasteiger partial charge is 0.233 e. The summed E-state index contributed by atoms with van der Waals surface area (Å²) in [5, 5.41) is 15.2. The maximum absolute atomic E-state index is 11.9. The van der Waals surface area contributed by atoms with Gasteiger partial charge in [-0.2, -0.15) is 0 Å². The van der Waals surface area contributed by atoms with E-state index in [9.17, 15) is 4.79 Å². The molecule has 0 aliphatic heterocycles. The molecule has 1 aromatic rings. The average Bonchev–Trinajstić information content (AvgIpc) is 2.93. The molecule has 0 radical (unpaired) electrons. The Morgan fingerprint density at radius 2 is 2.30 bits per heavy atom. The highest BCUT2D eigenvalue weighted by Gasteiger charge is 2.23. The van der Waals surface area contributed by atoms with Crippen LogP contribution < -0.4 is 5.32 Å². The van der Waals surface area contributed by atoms with Crippen molar-refractivity contribution in [3.8, 4) is 0 Å². The summed E-state index contributed by atoms with van der Waals surface area (Å²) in [6.07, 6.45) is 7.65. The number of thioether (sulfide) groups is 1. The molecule has 1 fully saturated rings. The fraction of sp³-hybridized carbons (Fsp3) is 0.692. The summed E-state index contributed by atoms with van der Waals surface area (Å²) < 4.78 is 1.89. The Hall–Kier alpha value is -1.37. The second-order valence-electron chi connectivity index (χ2n) is 4.99. The third-order valence-corrected chi connectivity index (χ3v) is 4.50. The van der Waals surface area contributed by atoms with Crippen molar-refractivity contribution in [3.05, 3.63) is 12.7 Å². The highest BCUT2D eigenvalue weighted by Crippen LogP contribution is 2.31. The van der Waals surface area contributed by atoms with Crippen LogP contribution in [-0.2, 0) is 4.79 Å². The Balaban J connectivity index is 1.97. The zero-order valence-electron chi connectivity index (χ0n) is 11.8. The maximum atomic E-state index is 11.9. The minimum Gasteiger partial charge on any atom is -0.352 e. The van der Waals surface area contributed by atoms with Gasteiger partial charge in [-0.1, -0.05) is 37.1 Å². The van der Waals surface area contributed by atoms with Crippen LogP contribution in [0.25, 0.3) is 0 Å². The van der Waals surface area contributed by atoms with Gasteiger partial charge in [0, 0.05) is 6.54 Å². The van der Waals surface area contributed by atoms with E-state index < -0.39 is 0 Å². The van der Waals surface area contributed by atoms with Gasteiger partial charge in [0.25, 0.3) is 0 Å². The highest BCUT2D eigenvalue weighted by molar-refractivity contribution is 8.00. The van der Waals surface area contributed by atoms with Gasteiger partial charge in [-0.05, 0) is 30.2 Å². The predicted octanol–water partition coefficient (Wildman–Crippen LogP) is 1.96. The van der Waals surface area contributed by atoms with Gasteiger partial charge in [0.05, 0.1) is 11.3 Å². The van der Waals surface area contributed by atoms with Crippen LogP contribution >= 0.6 is 11.8 Å². The van der Waals surface area contributed by atoms with Gasteiger partial charge < -0.3 is 5.32 Å². The lowest BCUT2D eigenvalue weighted by molar-refractivity contribution is -0.120. The molecule has 0 saturated heterocycles. The quantitative estimate of drug-likeness (QED) is 0.641. The van der Waals surface area contributed by atoms with Gasteiger partial charge >= 0.3 is 0 Å². The summed E-state index contributed by atoms with van der Waals surface area (Å²) >= 11 is 1.41. The molecule has 0 bridgehead atoms. The molecule has 1 aliphatic rings. The van der Waals surface area contributed by atoms with Crippen molar-refractivity contribution >= 4 is 17.7 Å². The van der Waals surface area contributed by atoms with Crippen molar-refractivity contribution in [2.24, 2.45) is 0 Å². The molecule has 6 nitrogen and oxygen atoms in total. The van der Waals surface area contributed by atoms with Crippen molar-refractivity contribution in [1.29, 1.82) is 0 Å². The first-order chi connectivity index (χ1) is 9.72. The number of amides is 1. The summed E-state index contributed by atoms with van der Waals surface area (Å²) in [6, 6.07) is 0.379. The van der Waals surface area contributed by atoms with E-state index in [1.807, 2.05) is 11.6 Å². The summed E-state index contributed by atoms with van der Waals surface area (Å²) in [5.41, 5.74) is 0. The minimum absolute atomic E-state index is 0.0203. The van der Waals surface area contributed by atoms with Gasteiger partial charge in [-0.3, -0.25) is 4.79 Å². The van der Waals surface area contributed by atoms with Crippen LogP contribution in [0.4, 0.5) is 0 Å². The fourth-order valence-electron chi connectivity index (χ4n) is 2.35. The Morgan fingerprint density at radius 3 is 3.00 bits per heavy atom. The van der Waals surface area contributed by atoms with Crippen LogP contribution in [0, 0.1) is 0 Å². The molecule has 1 heterocycles. The van der Waals surface area contributed by atoms with E-state index in [1.54, 1.807) is 6.08 Å². The standard InChI is InChI=1S/C13H21N5OS/c1-3-9-14-12(19)10(2)20-13-15-16-17-18(13)11-7-5-4-6-8-11/h3,10-11H,1,4-9H2,2H3,(H,14,19). The molecule has 1 aromatic heterocycles. The Bertz CT molecular complexity index is 455. The van der Waals surface area contributed by atoms with Crippen LogP contribution in [0.2, 0.25) is 0 Å². The Morgan fingerprint density at radius 1 is 1.55 bits per heavy atom. The molecule has 2 rings (SSSR count). The van der Waals surface area contributed by atoms with Crippen LogP contribution in [0.3, 0.4) is 0 Å². The van der Waals surface area contributed by atoms with Crippen molar-refractivity contribution in [2.45, 2.75) is 55.5 Å². The third kappa shape index (κ3) is 3.82. The number of carbonyl (C=O) groups is 1. The van der Waals surface area contributed by atoms with E-state index in [0.717, 1.165) is 18.0 Å². The first-order valence-electron chi connectivity index (χ1n) is 7.05. The van der Waals surface area contributed by atoms with Crippen LogP contribution in [0.15, 0.2) is 17.8 Å². The van der Waals surface area contributed by atoms with E-state index in [0.29, 0.717) is 12.6 Å². The Labute approximate surface area is 123 Å². The van der Waals surface area contributed by atoms with Crippen LogP contribution in [0.5, 0.6) is 0 Å². The summed E-state index contributed by atoms with van der Waals surface area (Å²) in [6.45, 7) is 5.93. The molecule has 1 aliphatic carbocycles. The largest absolute Gasteiger partial charge is 0.352 e. The first-order valence-corrected chi connectivity index (χ1v) is 7.93. The third-order valence-electron chi connectivity index (χ3n) is 3.46. The minimum atomic E-state index is -0.219. The molecule has 1 atom stereocenters. The fourth-order valence-corrected chi connectivity index (χ4v) is 3.23. The molecular formula is C13H21N5OS. The lowest BCUT2D eigenvalue weighted by Gasteiger charge is -2.22. The van der Waals surface area contributed by atoms with E-state index in [-0.39, 0.29) is 11.2 Å². The van der Waals surface area contributed by atoms with Crippen molar-refractivity contribution in [2.75, 3.05) is 6.54 Å². The lowest BCUT2D eigenvalue weighted by Crippen LogP contribution is -2.31. The molecule has 0 aromatic carbocycles. The zero-order chi connectivity index (χ0) is 14.4. The van der Waals surface area contributed by atoms with E-state index in [1.165, 1.54) is 31.0 Å². The molecule has 7 heteroatoms. The molecule has 0 spiro atoms. The van der Waals surface area contributed by atoms with Gasteiger partial charge in [-0.25, -0.2) is 4.68 Å². The summed E-state index contributed by atoms with van der Waals surface area (Å²) in [7, 11) is 0. The highest BCUT2D eigenvalue weighted by atomic mass is 32.2. The lowest BCUT2D eigenvalue weighted by atomic mass is 9.96. The van der Waals surface area contributed by atoms with Gasteiger partial charge in [0.2, 0.25) is 11.1 Å². The van der Waals surface area contributed by atoms with Crippen LogP contribution in [0.1, 0.15) is 45.1 Å². The van der Waals surface area contributed by atoms with E-state index >= 15 is 0 Å². The normalized spacial score (nSPS) is 17.6. The van der Waals surface area contributed by atoms with Crippen molar-refractivity contribution < 1.29 is 4.79 Å². The second-order valence-corrected chi connectivity index (χ2v) is 6.30. The molecule has 1 amide bonds. The van der Waals surface area contributed by atoms with E-state index in [4.69, 9.17) is 0 Å². The number of hydrogen-bond donors (Lipinski definition) is 1. The topological polar surface area (TPSA) is 72.7 Å². The molecule has 1 unspecified atom stereocenters. The number of nitrogens with one attached hydrogen (secondary N) is 1. The van der Waals surface area contributed by atoms with Gasteiger partial charge in [0.1, 0.15) is 0 Å². The number of hydrogen-bond acceptors (Lipinski definition) is 5. The number of nitrogens with zero attached hydrogens (tertiary/aromatic N) is 4. The molecule has 20 heavy (non-hydrogen) atoms. The van der Waals surface area contributed by atoms with Crippen molar-refractivity contribution in [1.82, 2.24) is 25.5 Å². The summed E-state index contributed by atoms with van der Waals surface area (Å²) in [5.74, 6) is -0.0203. The molecule has 1 N–H and O–H groups in total. The Kier molecular flexibility index (Phi) is 5.58. The zero-order valence-corrected chi connectivity index (χ0v) is 12.6. The monoisotopic (exact) mass is 295 g/mol. The predicted molar refractivity (Wildman–Crippen MR) is 78.5 cm³/mol. The average molecular weight is 295 g/mol. The van der Waals surface area contributed by atoms with E-state index in [2.05, 4.69) is 27.4 Å². The van der Waals surface area contributed by atoms with Crippen molar-refractivity contribution in [3.63, 3.8) is 0 Å². The number of tetrazole rings is 1. The van der Waals surface area contributed by atoms with Gasteiger partial charge in [-0.15, -0.1) is 11.7 Å². The number of carbonyl (C=O) groups excluding carboxylic acids is 1. The SMILES string of the molecule is C=CCNC(=O)C(C)Sc1nnnn1C1CCCCC1. The number of rotatable bonds is 6. The van der Waals surface area contributed by atoms with Gasteiger partial charge in [0.15, 0.2) is 0 Å². The number of aromatic nitrogens is 4.